The van der Waals surface area contributed by atoms with Crippen molar-refractivity contribution in [3.63, 3.8) is 0 Å². The molecule has 3 aromatic carbocycles. The van der Waals surface area contributed by atoms with Gasteiger partial charge in [0, 0.05) is 48.4 Å². The number of rotatable bonds is 8. The lowest BCUT2D eigenvalue weighted by molar-refractivity contribution is 0.0964. The molecule has 9 nitrogen and oxygen atoms in total. The van der Waals surface area contributed by atoms with Gasteiger partial charge in [-0.2, -0.15) is 0 Å². The van der Waals surface area contributed by atoms with Gasteiger partial charge in [0.1, 0.15) is 5.76 Å². The fourth-order valence-corrected chi connectivity index (χ4v) is 5.30. The van der Waals surface area contributed by atoms with Crippen molar-refractivity contribution in [3.05, 3.63) is 141 Å². The van der Waals surface area contributed by atoms with Crippen LogP contribution in [0.15, 0.2) is 113 Å². The first-order chi connectivity index (χ1) is 20.6. The highest BCUT2D eigenvalue weighted by molar-refractivity contribution is 6.30. The van der Waals surface area contributed by atoms with E-state index in [1.54, 1.807) is 91.1 Å². The number of nitrogens with two attached hydrogens (primary N) is 1. The molecule has 5 aromatic rings. The molecule has 10 heteroatoms. The number of nitrogens with zero attached hydrogens (tertiary/aromatic N) is 3. The van der Waals surface area contributed by atoms with Crippen molar-refractivity contribution < 1.29 is 14.4 Å². The maximum Gasteiger partial charge on any atom is 0.256 e. The first-order valence-electron chi connectivity index (χ1n) is 13.3. The first kappa shape index (κ1) is 29.4. The van der Waals surface area contributed by atoms with E-state index in [9.17, 15) is 14.7 Å². The predicted molar refractivity (Wildman–Crippen MR) is 168 cm³/mol. The molecule has 218 valence electrons. The van der Waals surface area contributed by atoms with Crippen LogP contribution in [-0.4, -0.2) is 32.7 Å². The van der Waals surface area contributed by atoms with Crippen LogP contribution in [-0.2, 0) is 12.6 Å². The van der Waals surface area contributed by atoms with Crippen LogP contribution in [0.3, 0.4) is 0 Å². The Hall–Kier alpha value is -5.12. The van der Waals surface area contributed by atoms with E-state index in [0.717, 1.165) is 10.9 Å². The molecule has 0 spiro atoms. The topological polar surface area (TPSA) is 127 Å². The van der Waals surface area contributed by atoms with Crippen LogP contribution in [0.5, 0.6) is 0 Å². The zero-order chi connectivity index (χ0) is 30.9. The number of carbonyl (C=O) groups excluding carboxylic acids is 1. The zero-order valence-electron chi connectivity index (χ0n) is 23.8. The lowest BCUT2D eigenvalue weighted by Crippen LogP contribution is -2.37. The summed E-state index contributed by atoms with van der Waals surface area (Å²) in [6.07, 6.45) is 2.85. The summed E-state index contributed by atoms with van der Waals surface area (Å²) in [5.41, 5.74) is 7.82. The Labute approximate surface area is 253 Å². The molecule has 1 amide bonds. The van der Waals surface area contributed by atoms with Crippen LogP contribution in [0, 0.1) is 6.92 Å². The van der Waals surface area contributed by atoms with E-state index < -0.39 is 5.60 Å². The Morgan fingerprint density at radius 1 is 1.12 bits per heavy atom. The molecule has 43 heavy (non-hydrogen) atoms. The zero-order valence-corrected chi connectivity index (χ0v) is 24.6. The lowest BCUT2D eigenvalue weighted by atomic mass is 9.81. The van der Waals surface area contributed by atoms with Gasteiger partial charge in [-0.3, -0.25) is 9.59 Å². The van der Waals surface area contributed by atoms with Gasteiger partial charge in [-0.25, -0.2) is 0 Å². The molecule has 1 unspecified atom stereocenters. The number of aryl methyl sites for hydroxylation is 2. The second-order valence-electron chi connectivity index (χ2n) is 10.1. The number of pyridine rings is 1. The molecule has 2 heterocycles. The van der Waals surface area contributed by atoms with Crippen molar-refractivity contribution in [2.24, 2.45) is 12.8 Å². The third-order valence-corrected chi connectivity index (χ3v) is 7.65. The predicted octanol–water partition coefficient (Wildman–Crippen LogP) is 5.52. The molecule has 0 fully saturated rings. The Morgan fingerprint density at radius 2 is 1.84 bits per heavy atom. The second-order valence-corrected chi connectivity index (χ2v) is 10.5. The number of anilines is 1. The molecule has 0 radical (unpaired) electrons. The molecule has 0 aliphatic rings. The standard InChI is InChI=1S/C33H30ClN5O4/c1-5-38(3)29(19-35)33(42,23-11-9-21(10-12-23)32(41)36-30-15-20(2)43-37-30)24-13-14-28-27(17-24)26(18-31(40)39(28)4)22-7-6-8-25(34)16-22/h5-19,42H,1,35H2,2-4H3,(H,36,37,41)/b29-19-. The van der Waals surface area contributed by atoms with Crippen molar-refractivity contribution in [2.45, 2.75) is 12.5 Å². The highest BCUT2D eigenvalue weighted by atomic mass is 35.5. The van der Waals surface area contributed by atoms with Crippen LogP contribution in [0.1, 0.15) is 27.2 Å². The fourth-order valence-electron chi connectivity index (χ4n) is 5.11. The molecule has 1 atom stereocenters. The van der Waals surface area contributed by atoms with Crippen molar-refractivity contribution in [1.82, 2.24) is 14.6 Å². The van der Waals surface area contributed by atoms with Gasteiger partial charge in [0.25, 0.3) is 11.5 Å². The average Bonchev–Trinajstić information content (AvgIpc) is 3.42. The minimum atomic E-state index is -1.79. The van der Waals surface area contributed by atoms with E-state index in [1.807, 2.05) is 18.2 Å². The smallest absolute Gasteiger partial charge is 0.256 e. The maximum atomic E-state index is 12.9. The molecule has 0 saturated heterocycles. The number of hydrogen-bond acceptors (Lipinski definition) is 7. The van der Waals surface area contributed by atoms with Gasteiger partial charge < -0.3 is 30.1 Å². The van der Waals surface area contributed by atoms with E-state index in [2.05, 4.69) is 17.1 Å². The Bertz CT molecular complexity index is 1940. The van der Waals surface area contributed by atoms with Gasteiger partial charge in [0.2, 0.25) is 0 Å². The van der Waals surface area contributed by atoms with Crippen LogP contribution in [0.25, 0.3) is 22.0 Å². The summed E-state index contributed by atoms with van der Waals surface area (Å²) >= 11 is 6.30. The number of benzene rings is 3. The number of aromatic nitrogens is 2. The van der Waals surface area contributed by atoms with Crippen molar-refractivity contribution in [1.29, 1.82) is 0 Å². The third kappa shape index (κ3) is 5.43. The summed E-state index contributed by atoms with van der Waals surface area (Å²) in [6, 6.07) is 22.3. The molecule has 2 aromatic heterocycles. The Balaban J connectivity index is 1.68. The van der Waals surface area contributed by atoms with Crippen molar-refractivity contribution >= 4 is 34.2 Å². The minimum absolute atomic E-state index is 0.186. The summed E-state index contributed by atoms with van der Waals surface area (Å²) in [5.74, 6) is 0.473. The highest BCUT2D eigenvalue weighted by Crippen LogP contribution is 2.40. The molecular formula is C33H30ClN5O4. The molecule has 0 aliphatic heterocycles. The number of amides is 1. The van der Waals surface area contributed by atoms with Gasteiger partial charge in [0.05, 0.1) is 11.2 Å². The Kier molecular flexibility index (Phi) is 7.95. The second kappa shape index (κ2) is 11.6. The van der Waals surface area contributed by atoms with Crippen LogP contribution in [0.4, 0.5) is 5.82 Å². The van der Waals surface area contributed by atoms with E-state index >= 15 is 0 Å². The lowest BCUT2D eigenvalue weighted by Gasteiger charge is -2.36. The van der Waals surface area contributed by atoms with Crippen LogP contribution >= 0.6 is 11.6 Å². The number of likely N-dealkylation sites (N-methyl/N-ethyl adjacent to an activating group) is 1. The molecule has 4 N–H and O–H groups in total. The van der Waals surface area contributed by atoms with Crippen molar-refractivity contribution in [3.8, 4) is 11.1 Å². The van der Waals surface area contributed by atoms with E-state index in [1.165, 1.54) is 12.4 Å². The van der Waals surface area contributed by atoms with Crippen LogP contribution in [0.2, 0.25) is 5.02 Å². The van der Waals surface area contributed by atoms with Crippen LogP contribution < -0.4 is 16.6 Å². The number of nitrogens with one attached hydrogen (secondary N) is 1. The normalized spacial score (nSPS) is 13.0. The molecule has 0 bridgehead atoms. The summed E-state index contributed by atoms with van der Waals surface area (Å²) in [5, 5.41) is 20.4. The van der Waals surface area contributed by atoms with E-state index in [0.29, 0.717) is 50.1 Å². The number of halogens is 1. The van der Waals surface area contributed by atoms with Gasteiger partial charge in [-0.15, -0.1) is 0 Å². The number of hydrogen-bond donors (Lipinski definition) is 3. The molecule has 0 aliphatic carbocycles. The monoisotopic (exact) mass is 595 g/mol. The summed E-state index contributed by atoms with van der Waals surface area (Å²) in [7, 11) is 3.42. The van der Waals surface area contributed by atoms with Gasteiger partial charge in [0.15, 0.2) is 11.4 Å². The largest absolute Gasteiger partial charge is 0.403 e. The number of carbonyl (C=O) groups is 1. The summed E-state index contributed by atoms with van der Waals surface area (Å²) < 4.78 is 6.57. The third-order valence-electron chi connectivity index (χ3n) is 7.42. The SMILES string of the molecule is C=CN(C)/C(=C\N)C(O)(c1ccc(C(=O)Nc2cc(C)on2)cc1)c1ccc2c(c1)c(-c1cccc(Cl)c1)cc(=O)n2C. The summed E-state index contributed by atoms with van der Waals surface area (Å²) in [4.78, 5) is 27.4. The van der Waals surface area contributed by atoms with E-state index in [4.69, 9.17) is 21.9 Å². The molecular weight excluding hydrogens is 566 g/mol. The minimum Gasteiger partial charge on any atom is -0.403 e. The molecule has 5 rings (SSSR count). The molecule has 0 saturated carbocycles. The van der Waals surface area contributed by atoms with Gasteiger partial charge in [-0.05, 0) is 71.8 Å². The first-order valence-corrected chi connectivity index (χ1v) is 13.7. The summed E-state index contributed by atoms with van der Waals surface area (Å²) in [6.45, 7) is 5.57. The average molecular weight is 596 g/mol. The number of fused-ring (bicyclic) bond motifs is 1. The Morgan fingerprint density at radius 3 is 2.47 bits per heavy atom. The maximum absolute atomic E-state index is 12.9. The van der Waals surface area contributed by atoms with Gasteiger partial charge >= 0.3 is 0 Å². The van der Waals surface area contributed by atoms with Gasteiger partial charge in [-0.1, -0.05) is 53.7 Å². The van der Waals surface area contributed by atoms with Crippen molar-refractivity contribution in [2.75, 3.05) is 12.4 Å². The quantitative estimate of drug-likeness (QED) is 0.216. The fraction of sp³-hybridized carbons (Fsp3) is 0.121. The van der Waals surface area contributed by atoms with E-state index in [-0.39, 0.29) is 11.5 Å². The number of aliphatic hydroxyl groups is 1. The highest BCUT2D eigenvalue weighted by Gasteiger charge is 2.38.